The van der Waals surface area contributed by atoms with Gasteiger partial charge in [0.05, 0.1) is 25.0 Å². The van der Waals surface area contributed by atoms with Crippen LogP contribution in [0.1, 0.15) is 26.3 Å². The Morgan fingerprint density at radius 3 is 2.58 bits per heavy atom. The second-order valence-corrected chi connectivity index (χ2v) is 8.99. The van der Waals surface area contributed by atoms with Crippen LogP contribution in [0.5, 0.6) is 5.75 Å². The van der Waals surface area contributed by atoms with E-state index in [1.807, 2.05) is 60.7 Å². The number of nitrogens with zero attached hydrogens (tertiary/aromatic N) is 1. The Balaban J connectivity index is 1.73. The minimum absolute atomic E-state index is 0.228. The van der Waals surface area contributed by atoms with Crippen molar-refractivity contribution in [1.82, 2.24) is 5.32 Å². The van der Waals surface area contributed by atoms with Crippen LogP contribution in [0.4, 0.5) is 16.2 Å². The van der Waals surface area contributed by atoms with E-state index in [1.54, 1.807) is 32.8 Å². The fourth-order valence-electron chi connectivity index (χ4n) is 4.02. The average Bonchev–Trinajstić information content (AvgIpc) is 2.90. The summed E-state index contributed by atoms with van der Waals surface area (Å²) in [4.78, 5) is 27.9. The van der Waals surface area contributed by atoms with E-state index >= 15 is 0 Å². The first kappa shape index (κ1) is 22.5. The van der Waals surface area contributed by atoms with Gasteiger partial charge in [-0.25, -0.2) is 4.79 Å². The summed E-state index contributed by atoms with van der Waals surface area (Å²) in [5, 5.41) is 8.10. The second kappa shape index (κ2) is 9.02. The quantitative estimate of drug-likeness (QED) is 0.606. The average molecular weight is 448 g/mol. The topological polar surface area (TPSA) is 79.9 Å². The molecule has 172 valence electrons. The van der Waals surface area contributed by atoms with Gasteiger partial charge in [-0.1, -0.05) is 42.5 Å². The molecular weight excluding hydrogens is 418 g/mol. The van der Waals surface area contributed by atoms with Gasteiger partial charge in [0.15, 0.2) is 0 Å². The first-order valence-electron chi connectivity index (χ1n) is 11.0. The highest BCUT2D eigenvalue weighted by atomic mass is 16.6. The molecule has 0 radical (unpaired) electrons. The maximum atomic E-state index is 13.7. The van der Waals surface area contributed by atoms with Gasteiger partial charge in [0.1, 0.15) is 17.4 Å². The van der Waals surface area contributed by atoms with Gasteiger partial charge in [-0.3, -0.25) is 4.79 Å². The Kier molecular flexibility index (Phi) is 6.14. The maximum Gasteiger partial charge on any atom is 0.408 e. The minimum Gasteiger partial charge on any atom is -0.496 e. The summed E-state index contributed by atoms with van der Waals surface area (Å²) in [5.74, 6) is 0.473. The van der Waals surface area contributed by atoms with Crippen LogP contribution in [0, 0.1) is 0 Å². The van der Waals surface area contributed by atoms with E-state index in [-0.39, 0.29) is 19.0 Å². The van der Waals surface area contributed by atoms with Crippen LogP contribution in [0.25, 0.3) is 10.8 Å². The van der Waals surface area contributed by atoms with Crippen LogP contribution in [0.15, 0.2) is 60.7 Å². The lowest BCUT2D eigenvalue weighted by molar-refractivity contribution is -0.120. The summed E-state index contributed by atoms with van der Waals surface area (Å²) in [6.07, 6.45) is -0.628. The first-order valence-corrected chi connectivity index (χ1v) is 11.0. The van der Waals surface area contributed by atoms with Crippen molar-refractivity contribution in [2.45, 2.75) is 39.0 Å². The van der Waals surface area contributed by atoms with E-state index in [1.165, 1.54) is 0 Å². The fourth-order valence-corrected chi connectivity index (χ4v) is 4.02. The molecule has 0 saturated heterocycles. The van der Waals surface area contributed by atoms with Crippen molar-refractivity contribution in [1.29, 1.82) is 0 Å². The van der Waals surface area contributed by atoms with E-state index in [0.717, 1.165) is 27.7 Å². The van der Waals surface area contributed by atoms with Crippen molar-refractivity contribution in [2.24, 2.45) is 0 Å². The number of methoxy groups -OCH3 is 1. The van der Waals surface area contributed by atoms with Crippen molar-refractivity contribution < 1.29 is 19.1 Å². The number of nitrogens with one attached hydrogen (secondary N) is 2. The molecule has 1 aliphatic heterocycles. The molecule has 1 atom stereocenters. The van der Waals surface area contributed by atoms with Crippen LogP contribution in [-0.2, 0) is 16.1 Å². The minimum atomic E-state index is -0.798. The van der Waals surface area contributed by atoms with Crippen molar-refractivity contribution in [3.05, 3.63) is 66.2 Å². The predicted octanol–water partition coefficient (Wildman–Crippen LogP) is 4.70. The fraction of sp³-hybridized carbons (Fsp3) is 0.308. The van der Waals surface area contributed by atoms with Crippen LogP contribution >= 0.6 is 0 Å². The molecule has 0 saturated carbocycles. The number of alkyl carbamates (subject to hydrolysis) is 1. The predicted molar refractivity (Wildman–Crippen MR) is 130 cm³/mol. The van der Waals surface area contributed by atoms with Gasteiger partial charge in [0.2, 0.25) is 0 Å². The number of hydrogen-bond acceptors (Lipinski definition) is 5. The molecular formula is C26H29N3O4. The lowest BCUT2D eigenvalue weighted by atomic mass is 10.0. The SMILES string of the molecule is COc1ccc2ccccc2c1CN1C(=O)[C@@H](NC(=O)OC(C)(C)C)CNc2ccccc21. The summed E-state index contributed by atoms with van der Waals surface area (Å²) in [7, 11) is 1.63. The Morgan fingerprint density at radius 2 is 1.82 bits per heavy atom. The first-order chi connectivity index (χ1) is 15.8. The lowest BCUT2D eigenvalue weighted by Gasteiger charge is -2.27. The summed E-state index contributed by atoms with van der Waals surface area (Å²) in [6, 6.07) is 18.8. The standard InChI is InChI=1S/C26H29N3O4/c1-26(2,3)33-25(31)28-21-15-27-20-11-7-8-12-22(20)29(24(21)30)16-19-18-10-6-5-9-17(18)13-14-23(19)32-4/h5-14,21,27H,15-16H2,1-4H3,(H,28,31)/t21-/m0/s1. The lowest BCUT2D eigenvalue weighted by Crippen LogP contribution is -2.51. The van der Waals surface area contributed by atoms with Crippen LogP contribution < -0.4 is 20.3 Å². The molecule has 0 bridgehead atoms. The number of carbonyl (C=O) groups is 2. The number of anilines is 2. The molecule has 2 amide bonds. The highest BCUT2D eigenvalue weighted by molar-refractivity contribution is 6.03. The molecule has 7 nitrogen and oxygen atoms in total. The van der Waals surface area contributed by atoms with E-state index in [9.17, 15) is 9.59 Å². The van der Waals surface area contributed by atoms with E-state index < -0.39 is 17.7 Å². The van der Waals surface area contributed by atoms with Gasteiger partial charge in [0.25, 0.3) is 5.91 Å². The van der Waals surface area contributed by atoms with Gasteiger partial charge in [-0.2, -0.15) is 0 Å². The second-order valence-electron chi connectivity index (χ2n) is 8.99. The zero-order valence-corrected chi connectivity index (χ0v) is 19.3. The van der Waals surface area contributed by atoms with Crippen molar-refractivity contribution in [2.75, 3.05) is 23.9 Å². The molecule has 0 unspecified atom stereocenters. The Morgan fingerprint density at radius 1 is 1.09 bits per heavy atom. The van der Waals surface area contributed by atoms with Gasteiger partial charge in [0, 0.05) is 12.1 Å². The number of ether oxygens (including phenoxy) is 2. The number of para-hydroxylation sites is 2. The Hall–Kier alpha value is -3.74. The molecule has 0 aromatic heterocycles. The third-order valence-electron chi connectivity index (χ3n) is 5.48. The number of amides is 2. The summed E-state index contributed by atoms with van der Waals surface area (Å²) in [5.41, 5.74) is 1.80. The van der Waals surface area contributed by atoms with E-state index in [4.69, 9.17) is 9.47 Å². The number of hydrogen-bond donors (Lipinski definition) is 2. The van der Waals surface area contributed by atoms with Gasteiger partial charge in [-0.05, 0) is 49.7 Å². The van der Waals surface area contributed by atoms with Crippen molar-refractivity contribution in [3.63, 3.8) is 0 Å². The van der Waals surface area contributed by atoms with Gasteiger partial charge < -0.3 is 25.0 Å². The van der Waals surface area contributed by atoms with Gasteiger partial charge in [-0.15, -0.1) is 0 Å². The Bertz CT molecular complexity index is 1190. The molecule has 0 spiro atoms. The molecule has 1 aliphatic rings. The molecule has 3 aromatic rings. The van der Waals surface area contributed by atoms with Crippen LogP contribution in [-0.4, -0.2) is 37.3 Å². The molecule has 4 rings (SSSR count). The van der Waals surface area contributed by atoms with E-state index in [2.05, 4.69) is 10.6 Å². The monoisotopic (exact) mass is 447 g/mol. The number of rotatable bonds is 4. The maximum absolute atomic E-state index is 13.7. The zero-order chi connectivity index (χ0) is 23.6. The third kappa shape index (κ3) is 4.87. The third-order valence-corrected chi connectivity index (χ3v) is 5.48. The summed E-state index contributed by atoms with van der Waals surface area (Å²) < 4.78 is 11.0. The molecule has 33 heavy (non-hydrogen) atoms. The molecule has 2 N–H and O–H groups in total. The highest BCUT2D eigenvalue weighted by Gasteiger charge is 2.33. The molecule has 7 heteroatoms. The smallest absolute Gasteiger partial charge is 0.408 e. The number of benzene rings is 3. The molecule has 0 fully saturated rings. The van der Waals surface area contributed by atoms with Crippen LogP contribution in [0.2, 0.25) is 0 Å². The number of carbonyl (C=O) groups excluding carboxylic acids is 2. The van der Waals surface area contributed by atoms with Crippen molar-refractivity contribution in [3.8, 4) is 5.75 Å². The zero-order valence-electron chi connectivity index (χ0n) is 19.3. The van der Waals surface area contributed by atoms with E-state index in [0.29, 0.717) is 5.75 Å². The molecule has 0 aliphatic carbocycles. The highest BCUT2D eigenvalue weighted by Crippen LogP contribution is 2.34. The van der Waals surface area contributed by atoms with Crippen molar-refractivity contribution >= 4 is 34.1 Å². The number of fused-ring (bicyclic) bond motifs is 2. The summed E-state index contributed by atoms with van der Waals surface area (Å²) in [6.45, 7) is 5.89. The Labute approximate surface area is 193 Å². The summed E-state index contributed by atoms with van der Waals surface area (Å²) >= 11 is 0. The normalized spacial score (nSPS) is 15.9. The molecule has 1 heterocycles. The van der Waals surface area contributed by atoms with Gasteiger partial charge >= 0.3 is 6.09 Å². The largest absolute Gasteiger partial charge is 0.496 e. The molecule has 3 aromatic carbocycles. The van der Waals surface area contributed by atoms with Crippen LogP contribution in [0.3, 0.4) is 0 Å².